The molecule has 0 unspecified atom stereocenters. The molecule has 0 saturated carbocycles. The molecule has 0 radical (unpaired) electrons. The molecule has 0 bridgehead atoms. The van der Waals surface area contributed by atoms with Gasteiger partial charge in [0.1, 0.15) is 0 Å². The molecule has 0 saturated heterocycles. The van der Waals surface area contributed by atoms with Gasteiger partial charge in [-0.05, 0) is 131 Å². The topological polar surface area (TPSA) is 17.1 Å². The van der Waals surface area contributed by atoms with E-state index in [1.165, 1.54) is 115 Å². The number of benzene rings is 15. The van der Waals surface area contributed by atoms with Gasteiger partial charge in [0.15, 0.2) is 7.14 Å². The van der Waals surface area contributed by atoms with Crippen LogP contribution < -0.4 is 15.9 Å². The van der Waals surface area contributed by atoms with Gasteiger partial charge >= 0.3 is 0 Å². The Morgan fingerprint density at radius 3 is 0.450 bits per heavy atom. The highest BCUT2D eigenvalue weighted by Crippen LogP contribution is 2.49. The Kier molecular flexibility index (Phi) is 11.5. The molecular formula is C78H51OP. The van der Waals surface area contributed by atoms with Gasteiger partial charge in [0.2, 0.25) is 0 Å². The Morgan fingerprint density at radius 1 is 0.150 bits per heavy atom. The lowest BCUT2D eigenvalue weighted by atomic mass is 9.86. The fourth-order valence-corrected chi connectivity index (χ4v) is 15.6. The van der Waals surface area contributed by atoms with Crippen LogP contribution in [0, 0.1) is 0 Å². The first-order valence-corrected chi connectivity index (χ1v) is 29.2. The van der Waals surface area contributed by atoms with Crippen LogP contribution in [0.15, 0.2) is 309 Å². The van der Waals surface area contributed by atoms with Gasteiger partial charge in [-0.3, -0.25) is 0 Å². The normalized spacial score (nSPS) is 11.8. The van der Waals surface area contributed by atoms with Crippen LogP contribution in [0.4, 0.5) is 0 Å². The van der Waals surface area contributed by atoms with Crippen molar-refractivity contribution < 1.29 is 4.57 Å². The Morgan fingerprint density at radius 2 is 0.287 bits per heavy atom. The maximum Gasteiger partial charge on any atom is 0.171 e. The molecule has 2 heteroatoms. The van der Waals surface area contributed by atoms with E-state index >= 15 is 4.57 Å². The number of fused-ring (bicyclic) bond motifs is 6. The van der Waals surface area contributed by atoms with Crippen molar-refractivity contribution in [2.24, 2.45) is 0 Å². The number of hydrogen-bond acceptors (Lipinski definition) is 1. The van der Waals surface area contributed by atoms with E-state index in [9.17, 15) is 0 Å². The third-order valence-corrected chi connectivity index (χ3v) is 19.6. The van der Waals surface area contributed by atoms with Crippen LogP contribution >= 0.6 is 7.14 Å². The molecule has 0 fully saturated rings. The summed E-state index contributed by atoms with van der Waals surface area (Å²) in [6.45, 7) is 0. The zero-order valence-electron chi connectivity index (χ0n) is 43.8. The highest BCUT2D eigenvalue weighted by molar-refractivity contribution is 7.85. The van der Waals surface area contributed by atoms with Crippen LogP contribution in [0.3, 0.4) is 0 Å². The zero-order chi connectivity index (χ0) is 53.2. The molecule has 0 amide bonds. The van der Waals surface area contributed by atoms with Crippen molar-refractivity contribution in [3.05, 3.63) is 309 Å². The van der Waals surface area contributed by atoms with Gasteiger partial charge < -0.3 is 4.57 Å². The molecule has 0 heterocycles. The second-order valence-corrected chi connectivity index (χ2v) is 23.6. The van der Waals surface area contributed by atoms with Crippen molar-refractivity contribution in [1.82, 2.24) is 0 Å². The molecule has 80 heavy (non-hydrogen) atoms. The van der Waals surface area contributed by atoms with Crippen LogP contribution in [0.25, 0.3) is 131 Å². The average Bonchev–Trinajstić information content (AvgIpc) is 3.66. The molecule has 15 aromatic carbocycles. The van der Waals surface area contributed by atoms with Crippen molar-refractivity contribution in [2.45, 2.75) is 0 Å². The molecule has 0 atom stereocenters. The van der Waals surface area contributed by atoms with Crippen molar-refractivity contribution in [3.63, 3.8) is 0 Å². The van der Waals surface area contributed by atoms with Crippen molar-refractivity contribution in [2.75, 3.05) is 0 Å². The molecule has 0 aliphatic heterocycles. The maximum atomic E-state index is 17.0. The predicted molar refractivity (Wildman–Crippen MR) is 343 cm³/mol. The Balaban J connectivity index is 0.910. The summed E-state index contributed by atoms with van der Waals surface area (Å²) < 4.78 is 17.0. The third kappa shape index (κ3) is 7.66. The van der Waals surface area contributed by atoms with E-state index in [0.29, 0.717) is 0 Å². The largest absolute Gasteiger partial charge is 0.309 e. The summed E-state index contributed by atoms with van der Waals surface area (Å²) in [6.07, 6.45) is 0. The monoisotopic (exact) mass is 1030 g/mol. The van der Waals surface area contributed by atoms with Gasteiger partial charge in [0.05, 0.1) is 0 Å². The fourth-order valence-electron chi connectivity index (χ4n) is 13.0. The highest BCUT2D eigenvalue weighted by atomic mass is 31.2. The van der Waals surface area contributed by atoms with Crippen LogP contribution in [0.5, 0.6) is 0 Å². The van der Waals surface area contributed by atoms with Gasteiger partial charge in [-0.15, -0.1) is 0 Å². The molecular weight excluding hydrogens is 984 g/mol. The summed E-state index contributed by atoms with van der Waals surface area (Å²) >= 11 is 0. The Bertz CT molecular complexity index is 4240. The zero-order valence-corrected chi connectivity index (χ0v) is 44.7. The molecule has 15 rings (SSSR count). The summed E-state index contributed by atoms with van der Waals surface area (Å²) in [6, 6.07) is 111. The minimum atomic E-state index is -3.54. The first-order chi connectivity index (χ1) is 39.6. The van der Waals surface area contributed by atoms with E-state index in [-0.39, 0.29) is 0 Å². The Hall–Kier alpha value is -9.91. The molecule has 374 valence electrons. The summed E-state index contributed by atoms with van der Waals surface area (Å²) in [5, 5.41) is 16.6. The second-order valence-electron chi connectivity index (χ2n) is 20.9. The first-order valence-electron chi connectivity index (χ1n) is 27.5. The molecule has 0 aliphatic rings. The summed E-state index contributed by atoms with van der Waals surface area (Å²) in [5.41, 5.74) is 14.0. The molecule has 0 aromatic heterocycles. The highest BCUT2D eigenvalue weighted by Gasteiger charge is 2.31. The van der Waals surface area contributed by atoms with Crippen molar-refractivity contribution >= 4 is 87.7 Å². The van der Waals surface area contributed by atoms with E-state index in [2.05, 4.69) is 309 Å². The minimum Gasteiger partial charge on any atom is -0.309 e. The standard InChI is InChI=1S/C78H51OP/c79-80(58-46-40-55(41-47-58)76-67-34-16-10-28-61(67)73(52-22-4-1-5-23-52)62-29-11-17-35-68(62)76,59-48-42-56(43-49-59)77-69-36-18-12-30-63(69)74(53-24-6-2-7-25-53)64-31-13-19-37-70(64)77)60-50-44-57(45-51-60)78-71-38-20-14-32-65(71)75(54-26-8-3-9-27-54)66-33-15-21-39-72(66)78/h1-51H. The van der Waals surface area contributed by atoms with E-state index < -0.39 is 7.14 Å². The number of hydrogen-bond donors (Lipinski definition) is 0. The van der Waals surface area contributed by atoms with Crippen LogP contribution in [-0.4, -0.2) is 0 Å². The lowest BCUT2D eigenvalue weighted by Gasteiger charge is -2.23. The molecule has 0 N–H and O–H groups in total. The van der Waals surface area contributed by atoms with Gasteiger partial charge in [0.25, 0.3) is 0 Å². The second kappa shape index (κ2) is 19.5. The maximum absolute atomic E-state index is 17.0. The number of rotatable bonds is 9. The van der Waals surface area contributed by atoms with Gasteiger partial charge in [-0.25, -0.2) is 0 Å². The first kappa shape index (κ1) is 47.3. The fraction of sp³-hybridized carbons (Fsp3) is 0. The van der Waals surface area contributed by atoms with E-state index in [0.717, 1.165) is 32.6 Å². The van der Waals surface area contributed by atoms with E-state index in [4.69, 9.17) is 0 Å². The van der Waals surface area contributed by atoms with Gasteiger partial charge in [0, 0.05) is 15.9 Å². The lowest BCUT2D eigenvalue weighted by molar-refractivity contribution is 0.592. The third-order valence-electron chi connectivity index (χ3n) is 16.5. The van der Waals surface area contributed by atoms with E-state index in [1.54, 1.807) is 0 Å². The summed E-state index contributed by atoms with van der Waals surface area (Å²) in [7, 11) is -3.54. The van der Waals surface area contributed by atoms with Crippen LogP contribution in [-0.2, 0) is 4.57 Å². The smallest absolute Gasteiger partial charge is 0.171 e. The summed E-state index contributed by atoms with van der Waals surface area (Å²) in [4.78, 5) is 0. The van der Waals surface area contributed by atoms with E-state index in [1.807, 2.05) is 0 Å². The lowest BCUT2D eigenvalue weighted by Crippen LogP contribution is -2.25. The quantitative estimate of drug-likeness (QED) is 0.104. The molecule has 0 spiro atoms. The van der Waals surface area contributed by atoms with Crippen LogP contribution in [0.2, 0.25) is 0 Å². The molecule has 0 aliphatic carbocycles. The van der Waals surface area contributed by atoms with Gasteiger partial charge in [-0.2, -0.15) is 0 Å². The Labute approximate surface area is 465 Å². The van der Waals surface area contributed by atoms with Crippen molar-refractivity contribution in [1.29, 1.82) is 0 Å². The van der Waals surface area contributed by atoms with Gasteiger partial charge in [-0.1, -0.05) is 309 Å². The predicted octanol–water partition coefficient (Wildman–Crippen LogP) is 20.2. The summed E-state index contributed by atoms with van der Waals surface area (Å²) in [5.74, 6) is 0. The van der Waals surface area contributed by atoms with Crippen LogP contribution in [0.1, 0.15) is 0 Å². The molecule has 15 aromatic rings. The van der Waals surface area contributed by atoms with Crippen molar-refractivity contribution in [3.8, 4) is 66.8 Å². The average molecular weight is 1040 g/mol. The minimum absolute atomic E-state index is 0.780. The SMILES string of the molecule is O=P(c1ccc(-c2c3ccccc3c(-c3ccccc3)c3ccccc23)cc1)(c1ccc(-c2c3ccccc3c(-c3ccccc3)c3ccccc23)cc1)c1ccc(-c2c3ccccc3c(-c3ccccc3)c3ccccc23)cc1. The molecule has 1 nitrogen and oxygen atoms in total.